The Morgan fingerprint density at radius 3 is 2.79 bits per heavy atom. The summed E-state index contributed by atoms with van der Waals surface area (Å²) in [7, 11) is 0. The predicted octanol–water partition coefficient (Wildman–Crippen LogP) is 4.09. The Balaban J connectivity index is 1.83. The summed E-state index contributed by atoms with van der Waals surface area (Å²) in [6.45, 7) is 1.85. The number of allylic oxidation sites excluding steroid dienone is 1. The van der Waals surface area contributed by atoms with Gasteiger partial charge in [0.1, 0.15) is 12.0 Å². The zero-order valence-electron chi connectivity index (χ0n) is 16.7. The molecule has 2 aliphatic heterocycles. The third-order valence-electron chi connectivity index (χ3n) is 5.16. The van der Waals surface area contributed by atoms with E-state index in [1.165, 1.54) is 4.90 Å². The third kappa shape index (κ3) is 1.60. The lowest BCUT2D eigenvalue weighted by Crippen LogP contribution is -2.34. The highest BCUT2D eigenvalue weighted by Gasteiger charge is 2.28. The number of rotatable bonds is 1. The highest BCUT2D eigenvalue weighted by Crippen LogP contribution is 2.41. The van der Waals surface area contributed by atoms with Gasteiger partial charge < -0.3 is 14.4 Å². The smallest absolute Gasteiger partial charge is 0.117 e. The maximum Gasteiger partial charge on any atom is 0.117 e. The lowest BCUT2D eigenvalue weighted by molar-refractivity contribution is 0.383. The predicted molar refractivity (Wildman–Crippen MR) is 99.9 cm³/mol. The number of hydrogen-bond acceptors (Lipinski definition) is 3. The second-order valence-electron chi connectivity index (χ2n) is 6.45. The van der Waals surface area contributed by atoms with Crippen molar-refractivity contribution in [3.8, 4) is 0 Å². The molecule has 1 atom stereocenters. The summed E-state index contributed by atoms with van der Waals surface area (Å²) in [5.41, 5.74) is 4.16. The number of imidazole rings is 1. The van der Waals surface area contributed by atoms with E-state index in [-0.39, 0.29) is 6.17 Å². The molecule has 3 heterocycles. The molecule has 2 aliphatic rings. The molecule has 0 spiro atoms. The van der Waals surface area contributed by atoms with Crippen LogP contribution in [-0.2, 0) is 6.42 Å². The molecule has 0 fully saturated rings. The van der Waals surface area contributed by atoms with Crippen LogP contribution in [0.15, 0.2) is 42.7 Å². The Bertz CT molecular complexity index is 1140. The number of anilines is 1. The fraction of sp³-hybridized carbons (Fsp3) is 0.250. The van der Waals surface area contributed by atoms with Crippen molar-refractivity contribution in [3.05, 3.63) is 54.1 Å². The summed E-state index contributed by atoms with van der Waals surface area (Å²) in [6, 6.07) is 8.29. The van der Waals surface area contributed by atoms with Gasteiger partial charge in [-0.05, 0) is 24.8 Å². The number of hydrogen-bond donors (Lipinski definition) is 0. The molecule has 0 saturated carbocycles. The van der Waals surface area contributed by atoms with Crippen molar-refractivity contribution in [3.63, 3.8) is 0 Å². The van der Waals surface area contributed by atoms with E-state index in [0.717, 1.165) is 45.3 Å². The Labute approximate surface area is 145 Å². The number of fused-ring (bicyclic) bond motifs is 5. The summed E-state index contributed by atoms with van der Waals surface area (Å²) < 4.78 is 25.6. The van der Waals surface area contributed by atoms with Crippen molar-refractivity contribution in [2.75, 3.05) is 11.9 Å². The monoisotopic (exact) mass is 319 g/mol. The van der Waals surface area contributed by atoms with Gasteiger partial charge in [-0.15, -0.1) is 0 Å². The fourth-order valence-electron chi connectivity index (χ4n) is 3.89. The molecule has 0 saturated heterocycles. The van der Waals surface area contributed by atoms with Gasteiger partial charge in [0.05, 0.1) is 16.7 Å². The van der Waals surface area contributed by atoms with E-state index in [2.05, 4.69) is 40.8 Å². The van der Waals surface area contributed by atoms with Gasteiger partial charge in [-0.2, -0.15) is 0 Å². The molecule has 0 radical (unpaired) electrons. The average Bonchev–Trinajstić information content (AvgIpc) is 3.30. The molecular weight excluding hydrogens is 296 g/mol. The van der Waals surface area contributed by atoms with Crippen molar-refractivity contribution in [2.24, 2.45) is 0 Å². The molecule has 24 heavy (non-hydrogen) atoms. The maximum absolute atomic E-state index is 7.80. The van der Waals surface area contributed by atoms with E-state index in [1.54, 1.807) is 6.20 Å². The van der Waals surface area contributed by atoms with E-state index in [1.807, 2.05) is 25.3 Å². The van der Waals surface area contributed by atoms with Crippen molar-refractivity contribution < 1.29 is 4.11 Å². The minimum atomic E-state index is -2.17. The molecule has 120 valence electrons. The lowest BCUT2D eigenvalue weighted by Gasteiger charge is -2.29. The molecule has 0 aliphatic carbocycles. The maximum atomic E-state index is 7.80. The van der Waals surface area contributed by atoms with Crippen LogP contribution in [-0.4, -0.2) is 27.6 Å². The van der Waals surface area contributed by atoms with Gasteiger partial charge in [0, 0.05) is 41.5 Å². The topological polar surface area (TPSA) is 24.3 Å². The van der Waals surface area contributed by atoms with Crippen molar-refractivity contribution in [1.82, 2.24) is 14.5 Å². The van der Waals surface area contributed by atoms with E-state index >= 15 is 0 Å². The SMILES string of the molecule is [2H]C([2H])([2H])N1C=CN(c2c(C)c3ccccc3c3nc4n(c23)C=CC4)[C@H]1C. The number of nitrogens with zero attached hydrogens (tertiary/aromatic N) is 4. The highest BCUT2D eigenvalue weighted by molar-refractivity contribution is 6.13. The average molecular weight is 319 g/mol. The van der Waals surface area contributed by atoms with Crippen LogP contribution in [0.1, 0.15) is 22.4 Å². The largest absolute Gasteiger partial charge is 0.359 e. The summed E-state index contributed by atoms with van der Waals surface area (Å²) in [5.74, 6) is 1.02. The van der Waals surface area contributed by atoms with E-state index < -0.39 is 6.98 Å². The van der Waals surface area contributed by atoms with Crippen LogP contribution in [0, 0.1) is 6.92 Å². The second-order valence-corrected chi connectivity index (χ2v) is 6.45. The molecule has 4 nitrogen and oxygen atoms in total. The van der Waals surface area contributed by atoms with Gasteiger partial charge in [-0.1, -0.05) is 30.3 Å². The quantitative estimate of drug-likeness (QED) is 0.675. The van der Waals surface area contributed by atoms with Gasteiger partial charge in [-0.25, -0.2) is 4.98 Å². The van der Waals surface area contributed by atoms with Crippen LogP contribution >= 0.6 is 0 Å². The zero-order valence-corrected chi connectivity index (χ0v) is 13.7. The molecule has 0 N–H and O–H groups in total. The summed E-state index contributed by atoms with van der Waals surface area (Å²) >= 11 is 0. The molecule has 0 amide bonds. The standard InChI is InChI=1S/C20H20N4/c1-13-15-7-4-5-8-16(15)18-20(24-10-6-9-17(24)21-18)19(13)23-12-11-22(3)14(23)2/h4-8,10-12,14H,9H2,1-3H3/t14-/m0/s1/i3D3. The van der Waals surface area contributed by atoms with Crippen LogP contribution in [0.4, 0.5) is 5.69 Å². The molecular formula is C20H20N4. The molecule has 3 aromatic rings. The van der Waals surface area contributed by atoms with E-state index in [9.17, 15) is 0 Å². The van der Waals surface area contributed by atoms with Crippen LogP contribution < -0.4 is 4.90 Å². The first kappa shape index (κ1) is 10.9. The number of benzene rings is 2. The molecule has 0 unspecified atom stereocenters. The Morgan fingerprint density at radius 2 is 2.00 bits per heavy atom. The van der Waals surface area contributed by atoms with Gasteiger partial charge in [0.15, 0.2) is 0 Å². The van der Waals surface area contributed by atoms with Crippen LogP contribution in [0.25, 0.3) is 28.0 Å². The van der Waals surface area contributed by atoms with E-state index in [4.69, 9.17) is 9.10 Å². The first-order chi connectivity index (χ1) is 12.9. The molecule has 1 aromatic heterocycles. The van der Waals surface area contributed by atoms with Crippen molar-refractivity contribution >= 4 is 33.7 Å². The van der Waals surface area contributed by atoms with Crippen molar-refractivity contribution in [2.45, 2.75) is 26.4 Å². The summed E-state index contributed by atoms with van der Waals surface area (Å²) in [5, 5.41) is 2.28. The van der Waals surface area contributed by atoms with Crippen LogP contribution in [0.3, 0.4) is 0 Å². The molecule has 4 heteroatoms. The lowest BCUT2D eigenvalue weighted by atomic mass is 10.0. The second kappa shape index (κ2) is 4.63. The Morgan fingerprint density at radius 1 is 1.17 bits per heavy atom. The summed E-state index contributed by atoms with van der Waals surface area (Å²) in [6.07, 6.45) is 8.20. The zero-order chi connectivity index (χ0) is 18.9. The van der Waals surface area contributed by atoms with E-state index in [0.29, 0.717) is 0 Å². The van der Waals surface area contributed by atoms with Gasteiger partial charge in [-0.3, -0.25) is 0 Å². The molecule has 0 bridgehead atoms. The minimum Gasteiger partial charge on any atom is -0.359 e. The van der Waals surface area contributed by atoms with Gasteiger partial charge in [0.25, 0.3) is 0 Å². The summed E-state index contributed by atoms with van der Waals surface area (Å²) in [4.78, 5) is 8.39. The normalized spacial score (nSPS) is 21.6. The Hall–Kier alpha value is -2.75. The van der Waals surface area contributed by atoms with Crippen LogP contribution in [0.5, 0.6) is 0 Å². The van der Waals surface area contributed by atoms with Crippen molar-refractivity contribution in [1.29, 1.82) is 0 Å². The Kier molecular flexibility index (Phi) is 2.11. The van der Waals surface area contributed by atoms with Gasteiger partial charge >= 0.3 is 0 Å². The number of aryl methyl sites for hydroxylation is 1. The first-order valence-corrected chi connectivity index (χ1v) is 8.22. The number of aromatic nitrogens is 2. The van der Waals surface area contributed by atoms with Crippen LogP contribution in [0.2, 0.25) is 0 Å². The fourth-order valence-corrected chi connectivity index (χ4v) is 3.89. The highest BCUT2D eigenvalue weighted by atomic mass is 15.4. The van der Waals surface area contributed by atoms with Gasteiger partial charge in [0.2, 0.25) is 0 Å². The molecule has 2 aromatic carbocycles. The first-order valence-electron chi connectivity index (χ1n) is 9.72. The molecule has 5 rings (SSSR count). The third-order valence-corrected chi connectivity index (χ3v) is 5.16. The minimum absolute atomic E-state index is 0.308.